The molecular formula is C19H24N2O4. The van der Waals surface area contributed by atoms with Crippen LogP contribution in [0.25, 0.3) is 0 Å². The molecule has 2 amide bonds. The molecule has 1 aliphatic heterocycles. The second kappa shape index (κ2) is 7.25. The molecule has 0 radical (unpaired) electrons. The second-order valence-electron chi connectivity index (χ2n) is 6.87. The van der Waals surface area contributed by atoms with Crippen molar-refractivity contribution in [3.8, 4) is 0 Å². The molecule has 25 heavy (non-hydrogen) atoms. The van der Waals surface area contributed by atoms with Crippen molar-refractivity contribution in [3.63, 3.8) is 0 Å². The lowest BCUT2D eigenvalue weighted by Gasteiger charge is -2.40. The highest BCUT2D eigenvalue weighted by Gasteiger charge is 2.45. The first-order valence-corrected chi connectivity index (χ1v) is 8.79. The first-order valence-electron chi connectivity index (χ1n) is 8.79. The van der Waals surface area contributed by atoms with E-state index >= 15 is 0 Å². The quantitative estimate of drug-likeness (QED) is 0.819. The number of carbonyl (C=O) groups is 3. The molecule has 1 saturated carbocycles. The molecule has 0 spiro atoms. The lowest BCUT2D eigenvalue weighted by Crippen LogP contribution is -2.49. The van der Waals surface area contributed by atoms with Crippen molar-refractivity contribution in [2.45, 2.75) is 44.1 Å². The maximum atomic E-state index is 12.9. The number of ether oxygens (including phenoxy) is 1. The second-order valence-corrected chi connectivity index (χ2v) is 6.87. The number of carbonyl (C=O) groups excluding carboxylic acids is 3. The van der Waals surface area contributed by atoms with Crippen molar-refractivity contribution >= 4 is 17.8 Å². The van der Waals surface area contributed by atoms with Crippen molar-refractivity contribution in [1.82, 2.24) is 10.2 Å². The molecule has 6 nitrogen and oxygen atoms in total. The number of hydrogen-bond acceptors (Lipinski definition) is 4. The highest BCUT2D eigenvalue weighted by molar-refractivity contribution is 5.87. The maximum absolute atomic E-state index is 12.9. The van der Waals surface area contributed by atoms with Crippen molar-refractivity contribution in [2.24, 2.45) is 0 Å². The van der Waals surface area contributed by atoms with Crippen LogP contribution in [0, 0.1) is 0 Å². The lowest BCUT2D eigenvalue weighted by atomic mass is 9.72. The number of benzene rings is 1. The van der Waals surface area contributed by atoms with Crippen LogP contribution in [0.3, 0.4) is 0 Å². The van der Waals surface area contributed by atoms with Gasteiger partial charge in [0.05, 0.1) is 5.41 Å². The van der Waals surface area contributed by atoms with E-state index in [1.807, 2.05) is 30.3 Å². The van der Waals surface area contributed by atoms with Gasteiger partial charge in [-0.3, -0.25) is 14.4 Å². The Morgan fingerprint density at radius 2 is 1.80 bits per heavy atom. The number of amides is 2. The fraction of sp³-hybridized carbons (Fsp3) is 0.526. The fourth-order valence-electron chi connectivity index (χ4n) is 3.34. The predicted octanol–water partition coefficient (Wildman–Crippen LogP) is 1.39. The molecule has 1 aromatic carbocycles. The molecule has 2 aliphatic rings. The van der Waals surface area contributed by atoms with E-state index in [0.717, 1.165) is 18.4 Å². The Bertz CT molecular complexity index is 647. The average molecular weight is 344 g/mol. The number of piperidine rings is 1. The highest BCUT2D eigenvalue weighted by atomic mass is 16.5. The lowest BCUT2D eigenvalue weighted by molar-refractivity contribution is -0.157. The Kier molecular flexibility index (Phi) is 5.06. The highest BCUT2D eigenvalue weighted by Crippen LogP contribution is 2.37. The SMILES string of the molecule is CC(=O)N1CCC(C(=O)OCC(=O)NC2CC2)(c2ccccc2)CC1. The maximum Gasteiger partial charge on any atom is 0.317 e. The Labute approximate surface area is 147 Å². The number of esters is 1. The van der Waals surface area contributed by atoms with Crippen LogP contribution in [0.5, 0.6) is 0 Å². The predicted molar refractivity (Wildman–Crippen MR) is 91.7 cm³/mol. The standard InChI is InChI=1S/C19H24N2O4/c1-14(22)21-11-9-19(10-12-21,15-5-3-2-4-6-15)18(24)25-13-17(23)20-16-7-8-16/h2-6,16H,7-13H2,1H3,(H,20,23). The van der Waals surface area contributed by atoms with Gasteiger partial charge in [-0.15, -0.1) is 0 Å². The summed E-state index contributed by atoms with van der Waals surface area (Å²) in [5, 5.41) is 2.82. The van der Waals surface area contributed by atoms with E-state index in [4.69, 9.17) is 4.74 Å². The summed E-state index contributed by atoms with van der Waals surface area (Å²) in [7, 11) is 0. The van der Waals surface area contributed by atoms with Crippen molar-refractivity contribution in [2.75, 3.05) is 19.7 Å². The van der Waals surface area contributed by atoms with Crippen LogP contribution in [0.15, 0.2) is 30.3 Å². The summed E-state index contributed by atoms with van der Waals surface area (Å²) in [5.74, 6) is -0.619. The summed E-state index contributed by atoms with van der Waals surface area (Å²) in [6.45, 7) is 2.30. The third-order valence-electron chi connectivity index (χ3n) is 5.06. The summed E-state index contributed by atoms with van der Waals surface area (Å²) < 4.78 is 5.37. The smallest absolute Gasteiger partial charge is 0.317 e. The monoisotopic (exact) mass is 344 g/mol. The summed E-state index contributed by atoms with van der Waals surface area (Å²) in [6, 6.07) is 9.75. The Morgan fingerprint density at radius 3 is 2.36 bits per heavy atom. The minimum Gasteiger partial charge on any atom is -0.455 e. The van der Waals surface area contributed by atoms with Gasteiger partial charge in [-0.2, -0.15) is 0 Å². The third-order valence-corrected chi connectivity index (χ3v) is 5.06. The first-order chi connectivity index (χ1) is 12.0. The van der Waals surface area contributed by atoms with Crippen LogP contribution in [-0.4, -0.2) is 48.4 Å². The van der Waals surface area contributed by atoms with Crippen LogP contribution in [0.4, 0.5) is 0 Å². The van der Waals surface area contributed by atoms with Gasteiger partial charge in [0, 0.05) is 26.1 Å². The van der Waals surface area contributed by atoms with Gasteiger partial charge in [-0.1, -0.05) is 30.3 Å². The van der Waals surface area contributed by atoms with Gasteiger partial charge in [-0.25, -0.2) is 0 Å². The molecule has 2 fully saturated rings. The molecule has 134 valence electrons. The van der Waals surface area contributed by atoms with E-state index in [1.165, 1.54) is 6.92 Å². The van der Waals surface area contributed by atoms with E-state index in [0.29, 0.717) is 25.9 Å². The molecule has 6 heteroatoms. The van der Waals surface area contributed by atoms with Crippen LogP contribution < -0.4 is 5.32 Å². The van der Waals surface area contributed by atoms with Gasteiger partial charge in [-0.05, 0) is 31.2 Å². The summed E-state index contributed by atoms with van der Waals surface area (Å²) in [5.41, 5.74) is 0.0818. The molecule has 0 atom stereocenters. The average Bonchev–Trinajstić information content (AvgIpc) is 3.44. The Balaban J connectivity index is 1.71. The Hall–Kier alpha value is -2.37. The molecule has 1 aromatic rings. The van der Waals surface area contributed by atoms with Crippen molar-refractivity contribution in [1.29, 1.82) is 0 Å². The zero-order chi connectivity index (χ0) is 17.9. The van der Waals surface area contributed by atoms with E-state index in [1.54, 1.807) is 4.90 Å². The van der Waals surface area contributed by atoms with E-state index in [-0.39, 0.29) is 30.4 Å². The number of likely N-dealkylation sites (tertiary alicyclic amines) is 1. The van der Waals surface area contributed by atoms with Crippen LogP contribution in [-0.2, 0) is 24.5 Å². The van der Waals surface area contributed by atoms with E-state index < -0.39 is 5.41 Å². The summed E-state index contributed by atoms with van der Waals surface area (Å²) in [4.78, 5) is 38.1. The van der Waals surface area contributed by atoms with Crippen molar-refractivity contribution < 1.29 is 19.1 Å². The first kappa shape index (κ1) is 17.5. The summed E-state index contributed by atoms with van der Waals surface area (Å²) in [6.07, 6.45) is 2.99. The zero-order valence-corrected chi connectivity index (χ0v) is 14.5. The molecule has 0 unspecified atom stereocenters. The molecule has 0 aromatic heterocycles. The summed E-state index contributed by atoms with van der Waals surface area (Å²) >= 11 is 0. The zero-order valence-electron chi connectivity index (χ0n) is 14.5. The topological polar surface area (TPSA) is 75.7 Å². The van der Waals surface area contributed by atoms with Gasteiger partial charge in [0.25, 0.3) is 5.91 Å². The molecule has 0 bridgehead atoms. The van der Waals surface area contributed by atoms with Gasteiger partial charge < -0.3 is 15.0 Å². The minimum absolute atomic E-state index is 0.0128. The minimum atomic E-state index is -0.799. The van der Waals surface area contributed by atoms with Gasteiger partial charge in [0.2, 0.25) is 5.91 Å². The fourth-order valence-corrected chi connectivity index (χ4v) is 3.34. The Morgan fingerprint density at radius 1 is 1.16 bits per heavy atom. The third kappa shape index (κ3) is 4.00. The number of hydrogen-bond donors (Lipinski definition) is 1. The normalized spacial score (nSPS) is 19.2. The largest absolute Gasteiger partial charge is 0.455 e. The van der Waals surface area contributed by atoms with Gasteiger partial charge in [0.15, 0.2) is 6.61 Å². The van der Waals surface area contributed by atoms with Crippen LogP contribution in [0.1, 0.15) is 38.2 Å². The van der Waals surface area contributed by atoms with Gasteiger partial charge >= 0.3 is 5.97 Å². The molecular weight excluding hydrogens is 320 g/mol. The molecule has 1 saturated heterocycles. The van der Waals surface area contributed by atoms with E-state index in [2.05, 4.69) is 5.32 Å². The molecule has 1 aliphatic carbocycles. The number of nitrogens with one attached hydrogen (secondary N) is 1. The van der Waals surface area contributed by atoms with Crippen LogP contribution >= 0.6 is 0 Å². The molecule has 1 N–H and O–H groups in total. The number of rotatable bonds is 5. The molecule has 3 rings (SSSR count). The van der Waals surface area contributed by atoms with Gasteiger partial charge in [0.1, 0.15) is 0 Å². The number of nitrogens with zero attached hydrogens (tertiary/aromatic N) is 1. The van der Waals surface area contributed by atoms with Crippen molar-refractivity contribution in [3.05, 3.63) is 35.9 Å². The van der Waals surface area contributed by atoms with E-state index in [9.17, 15) is 14.4 Å². The molecule has 1 heterocycles. The van der Waals surface area contributed by atoms with Crippen LogP contribution in [0.2, 0.25) is 0 Å².